The first-order chi connectivity index (χ1) is 13.7. The number of nitrogens with zero attached hydrogens (tertiary/aromatic N) is 3. The van der Waals surface area contributed by atoms with E-state index in [1.165, 1.54) is 22.2 Å². The second kappa shape index (κ2) is 7.98. The molecule has 0 aliphatic heterocycles. The van der Waals surface area contributed by atoms with E-state index in [0.29, 0.717) is 10.2 Å². The Bertz CT molecular complexity index is 1200. The molecule has 28 heavy (non-hydrogen) atoms. The second-order valence-electron chi connectivity index (χ2n) is 6.08. The van der Waals surface area contributed by atoms with Crippen LogP contribution in [0.25, 0.3) is 20.7 Å². The first kappa shape index (κ1) is 17.8. The molecule has 1 N–H and O–H groups in total. The van der Waals surface area contributed by atoms with Crippen molar-refractivity contribution in [1.82, 2.24) is 15.0 Å². The van der Waals surface area contributed by atoms with Crippen LogP contribution in [-0.2, 0) is 11.3 Å². The van der Waals surface area contributed by atoms with Gasteiger partial charge in [-0.2, -0.15) is 5.10 Å². The highest BCUT2D eigenvalue weighted by molar-refractivity contribution is 7.21. The van der Waals surface area contributed by atoms with Gasteiger partial charge in [-0.3, -0.25) is 14.2 Å². The molecular weight excluding hydrogens is 372 g/mol. The molecule has 2 heterocycles. The Balaban J connectivity index is 1.51. The lowest BCUT2D eigenvalue weighted by atomic mass is 10.2. The molecule has 0 aliphatic rings. The Labute approximate surface area is 164 Å². The minimum atomic E-state index is -0.394. The number of amides is 1. The first-order valence-corrected chi connectivity index (χ1v) is 9.44. The van der Waals surface area contributed by atoms with Crippen molar-refractivity contribution < 1.29 is 4.79 Å². The summed E-state index contributed by atoms with van der Waals surface area (Å²) in [6, 6.07) is 21.1. The molecule has 0 radical (unpaired) electrons. The van der Waals surface area contributed by atoms with Gasteiger partial charge in [0.2, 0.25) is 0 Å². The van der Waals surface area contributed by atoms with Gasteiger partial charge < -0.3 is 0 Å². The summed E-state index contributed by atoms with van der Waals surface area (Å²) in [5, 5.41) is 4.42. The average molecular weight is 388 g/mol. The van der Waals surface area contributed by atoms with Gasteiger partial charge in [-0.1, -0.05) is 60.7 Å². The van der Waals surface area contributed by atoms with Gasteiger partial charge in [0.1, 0.15) is 11.4 Å². The van der Waals surface area contributed by atoms with Gasteiger partial charge in [-0.05, 0) is 17.2 Å². The van der Waals surface area contributed by atoms with E-state index in [4.69, 9.17) is 0 Å². The first-order valence-electron chi connectivity index (χ1n) is 8.62. The van der Waals surface area contributed by atoms with Gasteiger partial charge in [-0.25, -0.2) is 10.4 Å². The van der Waals surface area contributed by atoms with Crippen molar-refractivity contribution in [2.45, 2.75) is 6.54 Å². The average Bonchev–Trinajstić information content (AvgIpc) is 3.17. The highest BCUT2D eigenvalue weighted by atomic mass is 32.1. The lowest BCUT2D eigenvalue weighted by Gasteiger charge is -2.03. The number of hydrogen-bond donors (Lipinski definition) is 1. The Morgan fingerprint density at radius 2 is 1.82 bits per heavy atom. The lowest BCUT2D eigenvalue weighted by Crippen LogP contribution is -2.29. The van der Waals surface area contributed by atoms with E-state index in [9.17, 15) is 9.59 Å². The zero-order valence-electron chi connectivity index (χ0n) is 14.8. The predicted octanol–water partition coefficient (Wildman–Crippen LogP) is 3.28. The topological polar surface area (TPSA) is 76.3 Å². The quantitative estimate of drug-likeness (QED) is 0.421. The normalized spacial score (nSPS) is 11.1. The molecule has 1 amide bonds. The molecule has 4 rings (SSSR count). The third-order valence-electron chi connectivity index (χ3n) is 4.09. The monoisotopic (exact) mass is 388 g/mol. The van der Waals surface area contributed by atoms with E-state index < -0.39 is 5.91 Å². The summed E-state index contributed by atoms with van der Waals surface area (Å²) < 4.78 is 1.29. The number of thiophene rings is 1. The highest BCUT2D eigenvalue weighted by Crippen LogP contribution is 2.30. The number of benzene rings is 2. The molecule has 0 saturated carbocycles. The number of aromatic nitrogens is 2. The smallest absolute Gasteiger partial charge is 0.262 e. The van der Waals surface area contributed by atoms with Crippen LogP contribution in [0.15, 0.2) is 83.0 Å². The Morgan fingerprint density at radius 1 is 1.11 bits per heavy atom. The van der Waals surface area contributed by atoms with E-state index in [1.807, 2.05) is 66.7 Å². The number of carbonyl (C=O) groups is 1. The Morgan fingerprint density at radius 3 is 2.57 bits per heavy atom. The number of hydrazone groups is 1. The molecule has 0 aliphatic carbocycles. The summed E-state index contributed by atoms with van der Waals surface area (Å²) in [6.45, 7) is -0.148. The van der Waals surface area contributed by atoms with Crippen LogP contribution < -0.4 is 11.0 Å². The van der Waals surface area contributed by atoms with Gasteiger partial charge in [-0.15, -0.1) is 11.3 Å². The van der Waals surface area contributed by atoms with E-state index in [1.54, 1.807) is 6.21 Å². The summed E-state index contributed by atoms with van der Waals surface area (Å²) in [5.74, 6) is -0.394. The standard InChI is InChI=1S/C21H16N4O2S/c26-19(24-23-12-15-7-3-1-4-8-15)13-25-14-22-20-17(21(25)27)11-18(28-20)16-9-5-2-6-10-16/h1-12,14H,13H2,(H,24,26)/b23-12-. The van der Waals surface area contributed by atoms with E-state index >= 15 is 0 Å². The number of rotatable bonds is 5. The van der Waals surface area contributed by atoms with Crippen LogP contribution in [0, 0.1) is 0 Å². The second-order valence-corrected chi connectivity index (χ2v) is 7.11. The van der Waals surface area contributed by atoms with E-state index in [0.717, 1.165) is 16.0 Å². The Kier molecular flexibility index (Phi) is 5.07. The van der Waals surface area contributed by atoms with Crippen molar-refractivity contribution in [2.75, 3.05) is 0 Å². The molecule has 0 saturated heterocycles. The van der Waals surface area contributed by atoms with E-state index in [2.05, 4.69) is 15.5 Å². The van der Waals surface area contributed by atoms with E-state index in [-0.39, 0.29) is 12.1 Å². The van der Waals surface area contributed by atoms with Gasteiger partial charge in [0.25, 0.3) is 11.5 Å². The minimum Gasteiger partial charge on any atom is -0.289 e. The molecule has 6 nitrogen and oxygen atoms in total. The van der Waals surface area contributed by atoms with Crippen molar-refractivity contribution in [2.24, 2.45) is 5.10 Å². The number of hydrogen-bond acceptors (Lipinski definition) is 5. The fraction of sp³-hybridized carbons (Fsp3) is 0.0476. The summed E-state index contributed by atoms with van der Waals surface area (Å²) in [5.41, 5.74) is 4.09. The van der Waals surface area contributed by atoms with Crippen LogP contribution in [0.1, 0.15) is 5.56 Å². The van der Waals surface area contributed by atoms with Crippen molar-refractivity contribution in [3.05, 3.63) is 89.0 Å². The van der Waals surface area contributed by atoms with Crippen LogP contribution in [0.3, 0.4) is 0 Å². The predicted molar refractivity (Wildman–Crippen MR) is 111 cm³/mol. The summed E-state index contributed by atoms with van der Waals surface area (Å²) >= 11 is 1.46. The van der Waals surface area contributed by atoms with Crippen molar-refractivity contribution >= 4 is 33.7 Å². The number of fused-ring (bicyclic) bond motifs is 1. The summed E-state index contributed by atoms with van der Waals surface area (Å²) in [4.78, 5) is 30.8. The molecule has 0 unspecified atom stereocenters. The molecule has 2 aromatic carbocycles. The third kappa shape index (κ3) is 3.89. The van der Waals surface area contributed by atoms with Gasteiger partial charge in [0, 0.05) is 4.88 Å². The van der Waals surface area contributed by atoms with Crippen molar-refractivity contribution in [3.63, 3.8) is 0 Å². The fourth-order valence-corrected chi connectivity index (χ4v) is 3.72. The number of carbonyl (C=O) groups excluding carboxylic acids is 1. The van der Waals surface area contributed by atoms with Crippen LogP contribution in [0.5, 0.6) is 0 Å². The summed E-state index contributed by atoms with van der Waals surface area (Å²) in [7, 11) is 0. The maximum absolute atomic E-state index is 12.7. The van der Waals surface area contributed by atoms with Crippen molar-refractivity contribution in [3.8, 4) is 10.4 Å². The number of nitrogens with one attached hydrogen (secondary N) is 1. The van der Waals surface area contributed by atoms with Crippen LogP contribution in [-0.4, -0.2) is 21.7 Å². The molecule has 2 aromatic heterocycles. The van der Waals surface area contributed by atoms with Crippen LogP contribution in [0.2, 0.25) is 0 Å². The molecule has 0 spiro atoms. The van der Waals surface area contributed by atoms with Crippen LogP contribution in [0.4, 0.5) is 0 Å². The fourth-order valence-electron chi connectivity index (χ4n) is 2.73. The maximum Gasteiger partial charge on any atom is 0.262 e. The maximum atomic E-state index is 12.7. The summed E-state index contributed by atoms with van der Waals surface area (Å²) in [6.07, 6.45) is 2.95. The zero-order valence-corrected chi connectivity index (χ0v) is 15.6. The molecule has 7 heteroatoms. The minimum absolute atomic E-state index is 0.148. The Hall–Kier alpha value is -3.58. The van der Waals surface area contributed by atoms with Gasteiger partial charge >= 0.3 is 0 Å². The molecule has 0 atom stereocenters. The van der Waals surface area contributed by atoms with Gasteiger partial charge in [0.05, 0.1) is 17.9 Å². The van der Waals surface area contributed by atoms with Crippen LogP contribution >= 0.6 is 11.3 Å². The highest BCUT2D eigenvalue weighted by Gasteiger charge is 2.12. The zero-order chi connectivity index (χ0) is 19.3. The third-order valence-corrected chi connectivity index (χ3v) is 5.18. The van der Waals surface area contributed by atoms with Crippen molar-refractivity contribution in [1.29, 1.82) is 0 Å². The molecular formula is C21H16N4O2S. The molecule has 0 bridgehead atoms. The molecule has 4 aromatic rings. The largest absolute Gasteiger partial charge is 0.289 e. The SMILES string of the molecule is O=C(Cn1cnc2sc(-c3ccccc3)cc2c1=O)N/N=C\c1ccccc1. The molecule has 138 valence electrons. The lowest BCUT2D eigenvalue weighted by molar-refractivity contribution is -0.121. The molecule has 0 fully saturated rings. The van der Waals surface area contributed by atoms with Gasteiger partial charge in [0.15, 0.2) is 0 Å².